The van der Waals surface area contributed by atoms with E-state index in [9.17, 15) is 4.39 Å². The Morgan fingerprint density at radius 3 is 2.53 bits per heavy atom. The lowest BCUT2D eigenvalue weighted by Crippen LogP contribution is -2.40. The van der Waals surface area contributed by atoms with Crippen molar-refractivity contribution >= 4 is 5.69 Å². The SMILES string of the molecule is CC(N)Cc1cccc(F)c1N1CC(C)CC(C)C1. The number of nitrogens with two attached hydrogens (primary N) is 1. The summed E-state index contributed by atoms with van der Waals surface area (Å²) >= 11 is 0. The minimum atomic E-state index is -0.112. The van der Waals surface area contributed by atoms with Gasteiger partial charge in [-0.25, -0.2) is 4.39 Å². The zero-order chi connectivity index (χ0) is 14.0. The third-order valence-corrected chi connectivity index (χ3v) is 3.80. The molecule has 1 heterocycles. The first-order chi connectivity index (χ1) is 8.97. The Bertz CT molecular complexity index is 421. The van der Waals surface area contributed by atoms with Crippen molar-refractivity contribution in [1.29, 1.82) is 0 Å². The molecule has 106 valence electrons. The molecule has 0 amide bonds. The molecule has 0 aromatic heterocycles. The van der Waals surface area contributed by atoms with E-state index >= 15 is 0 Å². The summed E-state index contributed by atoms with van der Waals surface area (Å²) in [6.07, 6.45) is 1.96. The Kier molecular flexibility index (Phi) is 4.46. The van der Waals surface area contributed by atoms with Gasteiger partial charge < -0.3 is 10.6 Å². The molecule has 19 heavy (non-hydrogen) atoms. The highest BCUT2D eigenvalue weighted by Gasteiger charge is 2.25. The molecule has 0 saturated carbocycles. The zero-order valence-corrected chi connectivity index (χ0v) is 12.2. The van der Waals surface area contributed by atoms with E-state index in [1.807, 2.05) is 13.0 Å². The highest BCUT2D eigenvalue weighted by atomic mass is 19.1. The second-order valence-electron chi connectivity index (χ2n) is 6.28. The molecule has 0 spiro atoms. The monoisotopic (exact) mass is 264 g/mol. The molecule has 3 heteroatoms. The number of halogens is 1. The van der Waals surface area contributed by atoms with E-state index in [1.165, 1.54) is 6.42 Å². The molecule has 1 aliphatic rings. The third-order valence-electron chi connectivity index (χ3n) is 3.80. The number of hydrogen-bond acceptors (Lipinski definition) is 2. The summed E-state index contributed by atoms with van der Waals surface area (Å²) < 4.78 is 14.3. The number of piperidine rings is 1. The van der Waals surface area contributed by atoms with Gasteiger partial charge in [0.05, 0.1) is 5.69 Å². The van der Waals surface area contributed by atoms with Gasteiger partial charge in [-0.3, -0.25) is 0 Å². The van der Waals surface area contributed by atoms with E-state index in [1.54, 1.807) is 12.1 Å². The van der Waals surface area contributed by atoms with Crippen molar-refractivity contribution < 1.29 is 4.39 Å². The molecule has 1 fully saturated rings. The van der Waals surface area contributed by atoms with Crippen molar-refractivity contribution in [2.75, 3.05) is 18.0 Å². The number of hydrogen-bond donors (Lipinski definition) is 1. The van der Waals surface area contributed by atoms with Crippen LogP contribution in [0.25, 0.3) is 0 Å². The van der Waals surface area contributed by atoms with Crippen LogP contribution in [0.5, 0.6) is 0 Å². The fraction of sp³-hybridized carbons (Fsp3) is 0.625. The molecule has 1 aromatic carbocycles. The van der Waals surface area contributed by atoms with Crippen molar-refractivity contribution in [3.05, 3.63) is 29.6 Å². The second-order valence-corrected chi connectivity index (χ2v) is 6.28. The van der Waals surface area contributed by atoms with Crippen molar-refractivity contribution in [3.8, 4) is 0 Å². The summed E-state index contributed by atoms with van der Waals surface area (Å²) in [5.74, 6) is 1.12. The van der Waals surface area contributed by atoms with Crippen LogP contribution in [-0.2, 0) is 6.42 Å². The summed E-state index contributed by atoms with van der Waals surface area (Å²) in [7, 11) is 0. The fourth-order valence-corrected chi connectivity index (χ4v) is 3.27. The van der Waals surface area contributed by atoms with Gasteiger partial charge >= 0.3 is 0 Å². The minimum absolute atomic E-state index is 0.0557. The van der Waals surface area contributed by atoms with E-state index < -0.39 is 0 Å². The molecule has 0 aliphatic carbocycles. The second kappa shape index (κ2) is 5.91. The number of para-hydroxylation sites is 1. The molecule has 0 radical (unpaired) electrons. The Morgan fingerprint density at radius 1 is 1.32 bits per heavy atom. The molecule has 1 aromatic rings. The first kappa shape index (κ1) is 14.3. The van der Waals surface area contributed by atoms with Gasteiger partial charge in [-0.2, -0.15) is 0 Å². The molecule has 1 aliphatic heterocycles. The Balaban J connectivity index is 2.31. The number of rotatable bonds is 3. The average molecular weight is 264 g/mol. The predicted molar refractivity (Wildman–Crippen MR) is 78.9 cm³/mol. The average Bonchev–Trinajstić information content (AvgIpc) is 2.26. The Hall–Kier alpha value is -1.09. The van der Waals surface area contributed by atoms with Gasteiger partial charge in [0.2, 0.25) is 0 Å². The van der Waals surface area contributed by atoms with Crippen LogP contribution in [0.2, 0.25) is 0 Å². The summed E-state index contributed by atoms with van der Waals surface area (Å²) in [6, 6.07) is 5.41. The van der Waals surface area contributed by atoms with Crippen LogP contribution in [0.15, 0.2) is 18.2 Å². The van der Waals surface area contributed by atoms with Crippen LogP contribution in [0, 0.1) is 17.7 Å². The van der Waals surface area contributed by atoms with Crippen molar-refractivity contribution in [1.82, 2.24) is 0 Å². The van der Waals surface area contributed by atoms with Gasteiger partial charge in [0.1, 0.15) is 5.82 Å². The molecule has 2 N–H and O–H groups in total. The standard InChI is InChI=1S/C16H25FN2/c1-11-7-12(2)10-19(9-11)16-14(8-13(3)18)5-4-6-15(16)17/h4-6,11-13H,7-10,18H2,1-3H3. The Labute approximate surface area is 115 Å². The lowest BCUT2D eigenvalue weighted by atomic mass is 9.90. The van der Waals surface area contributed by atoms with Gasteiger partial charge in [0, 0.05) is 19.1 Å². The van der Waals surface area contributed by atoms with Crippen molar-refractivity contribution in [2.24, 2.45) is 17.6 Å². The third kappa shape index (κ3) is 3.47. The van der Waals surface area contributed by atoms with Crippen molar-refractivity contribution in [3.63, 3.8) is 0 Å². The Morgan fingerprint density at radius 2 is 1.95 bits per heavy atom. The van der Waals surface area contributed by atoms with E-state index in [4.69, 9.17) is 5.73 Å². The van der Waals surface area contributed by atoms with E-state index in [0.717, 1.165) is 30.8 Å². The lowest BCUT2D eigenvalue weighted by molar-refractivity contribution is 0.354. The quantitative estimate of drug-likeness (QED) is 0.908. The van der Waals surface area contributed by atoms with Crippen LogP contribution in [0.4, 0.5) is 10.1 Å². The van der Waals surface area contributed by atoms with Gasteiger partial charge in [-0.05, 0) is 43.2 Å². The number of anilines is 1. The normalized spacial score (nSPS) is 25.4. The molecule has 1 saturated heterocycles. The van der Waals surface area contributed by atoms with Crippen LogP contribution >= 0.6 is 0 Å². The maximum atomic E-state index is 14.3. The van der Waals surface area contributed by atoms with E-state index in [0.29, 0.717) is 11.8 Å². The van der Waals surface area contributed by atoms with E-state index in [2.05, 4.69) is 18.7 Å². The first-order valence-corrected chi connectivity index (χ1v) is 7.25. The maximum Gasteiger partial charge on any atom is 0.146 e. The van der Waals surface area contributed by atoms with Gasteiger partial charge in [-0.15, -0.1) is 0 Å². The molecule has 3 unspecified atom stereocenters. The first-order valence-electron chi connectivity index (χ1n) is 7.25. The minimum Gasteiger partial charge on any atom is -0.368 e. The molecule has 3 atom stereocenters. The molecule has 2 nitrogen and oxygen atoms in total. The maximum absolute atomic E-state index is 14.3. The number of benzene rings is 1. The van der Waals surface area contributed by atoms with Gasteiger partial charge in [0.25, 0.3) is 0 Å². The van der Waals surface area contributed by atoms with Crippen LogP contribution in [0.3, 0.4) is 0 Å². The predicted octanol–water partition coefficient (Wildman–Crippen LogP) is 3.20. The lowest BCUT2D eigenvalue weighted by Gasteiger charge is -2.38. The molecular formula is C16H25FN2. The van der Waals surface area contributed by atoms with Gasteiger partial charge in [0.15, 0.2) is 0 Å². The topological polar surface area (TPSA) is 29.3 Å². The highest BCUT2D eigenvalue weighted by molar-refractivity contribution is 5.55. The van der Waals surface area contributed by atoms with Gasteiger partial charge in [-0.1, -0.05) is 26.0 Å². The summed E-state index contributed by atoms with van der Waals surface area (Å²) in [6.45, 7) is 8.34. The largest absolute Gasteiger partial charge is 0.368 e. The smallest absolute Gasteiger partial charge is 0.146 e. The summed E-state index contributed by atoms with van der Waals surface area (Å²) in [5.41, 5.74) is 7.70. The zero-order valence-electron chi connectivity index (χ0n) is 12.2. The van der Waals surface area contributed by atoms with Crippen LogP contribution < -0.4 is 10.6 Å². The summed E-state index contributed by atoms with van der Waals surface area (Å²) in [4.78, 5) is 2.21. The molecule has 2 rings (SSSR count). The number of nitrogens with zero attached hydrogens (tertiary/aromatic N) is 1. The fourth-order valence-electron chi connectivity index (χ4n) is 3.27. The molecular weight excluding hydrogens is 239 g/mol. The highest BCUT2D eigenvalue weighted by Crippen LogP contribution is 2.31. The van der Waals surface area contributed by atoms with Crippen molar-refractivity contribution in [2.45, 2.75) is 39.7 Å². The van der Waals surface area contributed by atoms with Crippen LogP contribution in [-0.4, -0.2) is 19.1 Å². The molecule has 0 bridgehead atoms. The summed E-state index contributed by atoms with van der Waals surface area (Å²) in [5, 5.41) is 0. The van der Waals surface area contributed by atoms with Crippen LogP contribution in [0.1, 0.15) is 32.8 Å². The van der Waals surface area contributed by atoms with E-state index in [-0.39, 0.29) is 11.9 Å².